The number of rotatable bonds is 7. The molecule has 8 nitrogen and oxygen atoms in total. The van der Waals surface area contributed by atoms with Crippen molar-refractivity contribution in [3.63, 3.8) is 0 Å². The minimum absolute atomic E-state index is 0.359. The predicted molar refractivity (Wildman–Crippen MR) is 138 cm³/mol. The first kappa shape index (κ1) is 23.8. The van der Waals surface area contributed by atoms with Gasteiger partial charge < -0.3 is 30.6 Å². The van der Waals surface area contributed by atoms with Crippen LogP contribution in [-0.2, 0) is 11.8 Å². The summed E-state index contributed by atoms with van der Waals surface area (Å²) >= 11 is 0. The molecule has 1 aliphatic rings. The molecule has 4 N–H and O–H groups in total. The Morgan fingerprint density at radius 3 is 2.65 bits per heavy atom. The van der Waals surface area contributed by atoms with Gasteiger partial charge in [-0.15, -0.1) is 0 Å². The van der Waals surface area contributed by atoms with Crippen LogP contribution in [0.15, 0.2) is 60.3 Å². The SMILES string of the molecule is COC1=CC(CCN(C)C)(N(C)c2ncc(C)c(-c3cn(C)c4ccccc34)n2)C(N)C=C1N. The van der Waals surface area contributed by atoms with Crippen LogP contribution in [0.5, 0.6) is 0 Å². The molecule has 34 heavy (non-hydrogen) atoms. The summed E-state index contributed by atoms with van der Waals surface area (Å²) in [5, 5.41) is 1.16. The number of aryl methyl sites for hydroxylation is 2. The van der Waals surface area contributed by atoms with Crippen molar-refractivity contribution in [2.24, 2.45) is 18.5 Å². The van der Waals surface area contributed by atoms with Crippen molar-refractivity contribution in [2.75, 3.05) is 39.7 Å². The van der Waals surface area contributed by atoms with E-state index in [1.54, 1.807) is 7.11 Å². The van der Waals surface area contributed by atoms with Gasteiger partial charge in [0.2, 0.25) is 5.95 Å². The largest absolute Gasteiger partial charge is 0.495 e. The lowest BCUT2D eigenvalue weighted by molar-refractivity contribution is 0.271. The number of methoxy groups -OCH3 is 1. The van der Waals surface area contributed by atoms with Crippen molar-refractivity contribution in [1.82, 2.24) is 19.4 Å². The molecular formula is C26H35N7O. The number of hydrogen-bond donors (Lipinski definition) is 2. The molecule has 0 aliphatic heterocycles. The Morgan fingerprint density at radius 1 is 1.21 bits per heavy atom. The molecule has 8 heteroatoms. The van der Waals surface area contributed by atoms with Gasteiger partial charge in [0.25, 0.3) is 0 Å². The molecular weight excluding hydrogens is 426 g/mol. The van der Waals surface area contributed by atoms with Gasteiger partial charge in [-0.25, -0.2) is 9.97 Å². The molecule has 0 bridgehead atoms. The van der Waals surface area contributed by atoms with Crippen LogP contribution < -0.4 is 16.4 Å². The normalized spacial score (nSPS) is 20.4. The zero-order valence-electron chi connectivity index (χ0n) is 20.9. The van der Waals surface area contributed by atoms with Crippen molar-refractivity contribution >= 4 is 16.9 Å². The van der Waals surface area contributed by atoms with Crippen molar-refractivity contribution < 1.29 is 4.74 Å². The number of ether oxygens (including phenoxy) is 1. The number of likely N-dealkylation sites (N-methyl/N-ethyl adjacent to an activating group) is 1. The van der Waals surface area contributed by atoms with Crippen LogP contribution in [0.1, 0.15) is 12.0 Å². The van der Waals surface area contributed by atoms with E-state index in [2.05, 4.69) is 51.9 Å². The molecule has 1 aromatic carbocycles. The van der Waals surface area contributed by atoms with Crippen molar-refractivity contribution in [1.29, 1.82) is 0 Å². The van der Waals surface area contributed by atoms with Gasteiger partial charge in [0.1, 0.15) is 5.76 Å². The topological polar surface area (TPSA) is 98.5 Å². The summed E-state index contributed by atoms with van der Waals surface area (Å²) in [4.78, 5) is 14.0. The number of hydrogen-bond acceptors (Lipinski definition) is 7. The zero-order chi connectivity index (χ0) is 24.6. The van der Waals surface area contributed by atoms with Crippen molar-refractivity contribution in [3.8, 4) is 11.3 Å². The summed E-state index contributed by atoms with van der Waals surface area (Å²) in [7, 11) is 9.77. The van der Waals surface area contributed by atoms with Gasteiger partial charge in [-0.1, -0.05) is 18.2 Å². The Morgan fingerprint density at radius 2 is 1.94 bits per heavy atom. The summed E-state index contributed by atoms with van der Waals surface area (Å²) < 4.78 is 7.72. The van der Waals surface area contributed by atoms with Gasteiger partial charge in [0.15, 0.2) is 0 Å². The minimum Gasteiger partial charge on any atom is -0.495 e. The van der Waals surface area contributed by atoms with Crippen LogP contribution in [0, 0.1) is 6.92 Å². The summed E-state index contributed by atoms with van der Waals surface area (Å²) in [6, 6.07) is 8.00. The van der Waals surface area contributed by atoms with E-state index >= 15 is 0 Å². The molecule has 0 spiro atoms. The number of fused-ring (bicyclic) bond motifs is 1. The third kappa shape index (κ3) is 4.03. The molecule has 2 atom stereocenters. The highest BCUT2D eigenvalue weighted by Gasteiger charge is 2.42. The first-order valence-electron chi connectivity index (χ1n) is 11.4. The molecule has 0 fully saturated rings. The van der Waals surface area contributed by atoms with E-state index < -0.39 is 5.54 Å². The van der Waals surface area contributed by atoms with Crippen LogP contribution in [0.2, 0.25) is 0 Å². The first-order chi connectivity index (χ1) is 16.2. The smallest absolute Gasteiger partial charge is 0.226 e. The lowest BCUT2D eigenvalue weighted by Crippen LogP contribution is -2.60. The standard InChI is InChI=1S/C26H35N7O/c1-17-15-29-25(30-24(17)19-16-32(4)21-10-8-7-9-18(19)21)33(5)26(11-12-31(2)3)14-22(34-6)20(27)13-23(26)28/h7-10,13-16,23H,11-12,27-28H2,1-6H3. The fourth-order valence-corrected chi connectivity index (χ4v) is 4.72. The second kappa shape index (κ2) is 9.12. The van der Waals surface area contributed by atoms with E-state index in [-0.39, 0.29) is 6.04 Å². The van der Waals surface area contributed by atoms with E-state index in [1.165, 1.54) is 0 Å². The maximum absolute atomic E-state index is 6.73. The predicted octanol–water partition coefficient (Wildman–Crippen LogP) is 2.78. The Labute approximate surface area is 201 Å². The number of nitrogens with zero attached hydrogens (tertiary/aromatic N) is 5. The molecule has 2 aromatic heterocycles. The summed E-state index contributed by atoms with van der Waals surface area (Å²) in [5.74, 6) is 1.22. The number of nitrogens with two attached hydrogens (primary N) is 2. The number of aromatic nitrogens is 3. The van der Waals surface area contributed by atoms with Gasteiger partial charge in [-0.05, 0) is 51.2 Å². The molecule has 0 saturated carbocycles. The van der Waals surface area contributed by atoms with Crippen LogP contribution in [0.4, 0.5) is 5.95 Å². The summed E-state index contributed by atoms with van der Waals surface area (Å²) in [6.45, 7) is 2.86. The van der Waals surface area contributed by atoms with E-state index in [0.29, 0.717) is 17.4 Å². The fourth-order valence-electron chi connectivity index (χ4n) is 4.72. The summed E-state index contributed by atoms with van der Waals surface area (Å²) in [5.41, 5.74) is 17.0. The minimum atomic E-state index is -0.607. The Balaban J connectivity index is 1.83. The van der Waals surface area contributed by atoms with Crippen molar-refractivity contribution in [3.05, 3.63) is 65.8 Å². The van der Waals surface area contributed by atoms with Crippen molar-refractivity contribution in [2.45, 2.75) is 24.9 Å². The highest BCUT2D eigenvalue weighted by Crippen LogP contribution is 2.36. The molecule has 0 saturated heterocycles. The second-order valence-corrected chi connectivity index (χ2v) is 9.34. The molecule has 3 aromatic rings. The molecule has 4 rings (SSSR count). The maximum atomic E-state index is 6.73. The Kier molecular flexibility index (Phi) is 6.38. The van der Waals surface area contributed by atoms with E-state index in [4.69, 9.17) is 26.2 Å². The maximum Gasteiger partial charge on any atom is 0.226 e. The van der Waals surface area contributed by atoms with E-state index in [9.17, 15) is 0 Å². The molecule has 0 radical (unpaired) electrons. The quantitative estimate of drug-likeness (QED) is 0.558. The van der Waals surface area contributed by atoms with Gasteiger partial charge in [-0.3, -0.25) is 0 Å². The van der Waals surface area contributed by atoms with Crippen LogP contribution >= 0.6 is 0 Å². The Bertz CT molecular complexity index is 1260. The number of anilines is 1. The number of benzene rings is 1. The van der Waals surface area contributed by atoms with Crippen LogP contribution in [-0.4, -0.2) is 65.8 Å². The lowest BCUT2D eigenvalue weighted by atomic mass is 9.80. The zero-order valence-corrected chi connectivity index (χ0v) is 20.9. The van der Waals surface area contributed by atoms with Gasteiger partial charge in [0.05, 0.1) is 30.1 Å². The Hall–Kier alpha value is -3.36. The lowest BCUT2D eigenvalue weighted by Gasteiger charge is -2.45. The monoisotopic (exact) mass is 461 g/mol. The van der Waals surface area contributed by atoms with Crippen LogP contribution in [0.3, 0.4) is 0 Å². The van der Waals surface area contributed by atoms with Gasteiger partial charge in [0, 0.05) is 49.5 Å². The molecule has 2 unspecified atom stereocenters. The molecule has 2 heterocycles. The molecule has 1 aliphatic carbocycles. The highest BCUT2D eigenvalue weighted by molar-refractivity contribution is 5.95. The third-order valence-corrected chi connectivity index (χ3v) is 6.82. The average molecular weight is 462 g/mol. The van der Waals surface area contributed by atoms with Crippen LogP contribution in [0.25, 0.3) is 22.2 Å². The molecule has 180 valence electrons. The fraction of sp³-hybridized carbons (Fsp3) is 0.385. The third-order valence-electron chi connectivity index (χ3n) is 6.82. The summed E-state index contributed by atoms with van der Waals surface area (Å²) in [6.07, 6.45) is 8.65. The van der Waals surface area contributed by atoms with Gasteiger partial charge in [-0.2, -0.15) is 0 Å². The van der Waals surface area contributed by atoms with E-state index in [0.717, 1.165) is 40.7 Å². The average Bonchev–Trinajstić information content (AvgIpc) is 3.15. The highest BCUT2D eigenvalue weighted by atomic mass is 16.5. The van der Waals surface area contributed by atoms with Gasteiger partial charge >= 0.3 is 0 Å². The number of para-hydroxylation sites is 1. The second-order valence-electron chi connectivity index (χ2n) is 9.34. The first-order valence-corrected chi connectivity index (χ1v) is 11.4. The molecule has 0 amide bonds. The van der Waals surface area contributed by atoms with E-state index in [1.807, 2.05) is 46.4 Å².